The maximum absolute atomic E-state index is 11.5. The number of esters is 1. The van der Waals surface area contributed by atoms with Crippen LogP contribution in [0.15, 0.2) is 18.2 Å². The third kappa shape index (κ3) is 6.01. The van der Waals surface area contributed by atoms with E-state index in [4.69, 9.17) is 15.2 Å². The van der Waals surface area contributed by atoms with Crippen LogP contribution in [0.25, 0.3) is 0 Å². The molecule has 0 aromatic heterocycles. The Balaban J connectivity index is 2.31. The van der Waals surface area contributed by atoms with E-state index in [1.54, 1.807) is 19.2 Å². The average Bonchev–Trinajstić information content (AvgIpc) is 2.50. The average molecular weight is 296 g/mol. The number of hydrogen-bond acceptors (Lipinski definition) is 6. The van der Waals surface area contributed by atoms with Crippen LogP contribution in [0.5, 0.6) is 0 Å². The Morgan fingerprint density at radius 3 is 2.71 bits per heavy atom. The van der Waals surface area contributed by atoms with Crippen molar-refractivity contribution >= 4 is 17.3 Å². The van der Waals surface area contributed by atoms with E-state index >= 15 is 0 Å². The van der Waals surface area contributed by atoms with E-state index in [9.17, 15) is 4.79 Å². The number of nitrogens with one attached hydrogen (secondary N) is 1. The molecule has 3 N–H and O–H groups in total. The molecule has 6 nitrogen and oxygen atoms in total. The van der Waals surface area contributed by atoms with Crippen LogP contribution in [0.2, 0.25) is 0 Å². The molecule has 0 spiro atoms. The van der Waals surface area contributed by atoms with Crippen molar-refractivity contribution in [3.05, 3.63) is 23.8 Å². The predicted octanol–water partition coefficient (Wildman–Crippen LogP) is 1.91. The second kappa shape index (κ2) is 10.0. The number of benzene rings is 1. The molecule has 0 unspecified atom stereocenters. The van der Waals surface area contributed by atoms with Crippen molar-refractivity contribution in [2.45, 2.75) is 12.8 Å². The van der Waals surface area contributed by atoms with Crippen LogP contribution in [0.1, 0.15) is 23.2 Å². The fourth-order valence-corrected chi connectivity index (χ4v) is 1.80. The third-order valence-electron chi connectivity index (χ3n) is 2.97. The van der Waals surface area contributed by atoms with Gasteiger partial charge in [-0.2, -0.15) is 0 Å². The lowest BCUT2D eigenvalue weighted by atomic mass is 10.1. The molecular weight excluding hydrogens is 272 g/mol. The van der Waals surface area contributed by atoms with Gasteiger partial charge in [0, 0.05) is 20.3 Å². The summed E-state index contributed by atoms with van der Waals surface area (Å²) in [6.45, 7) is 2.72. The highest BCUT2D eigenvalue weighted by Crippen LogP contribution is 2.23. The van der Waals surface area contributed by atoms with Crippen molar-refractivity contribution in [2.75, 3.05) is 51.6 Å². The maximum Gasteiger partial charge on any atom is 0.340 e. The molecule has 1 rings (SSSR count). The van der Waals surface area contributed by atoms with E-state index in [-0.39, 0.29) is 0 Å². The summed E-state index contributed by atoms with van der Waals surface area (Å²) in [6.07, 6.45) is 1.90. The van der Waals surface area contributed by atoms with Gasteiger partial charge in [0.15, 0.2) is 0 Å². The molecule has 0 aliphatic rings. The minimum atomic E-state index is -0.428. The van der Waals surface area contributed by atoms with Gasteiger partial charge < -0.3 is 25.3 Å². The summed E-state index contributed by atoms with van der Waals surface area (Å²) in [7, 11) is 2.99. The topological polar surface area (TPSA) is 82.8 Å². The summed E-state index contributed by atoms with van der Waals surface area (Å²) in [4.78, 5) is 11.5. The fourth-order valence-electron chi connectivity index (χ4n) is 1.80. The molecule has 21 heavy (non-hydrogen) atoms. The lowest BCUT2D eigenvalue weighted by molar-refractivity contribution is 0.0602. The van der Waals surface area contributed by atoms with E-state index in [0.29, 0.717) is 31.1 Å². The molecule has 0 bridgehead atoms. The summed E-state index contributed by atoms with van der Waals surface area (Å²) in [5.74, 6) is -0.428. The second-order valence-electron chi connectivity index (χ2n) is 4.50. The zero-order valence-electron chi connectivity index (χ0n) is 12.7. The molecular formula is C15H24N2O4. The molecule has 0 amide bonds. The molecule has 0 fully saturated rings. The van der Waals surface area contributed by atoms with E-state index in [0.717, 1.165) is 25.1 Å². The van der Waals surface area contributed by atoms with Gasteiger partial charge in [0.05, 0.1) is 37.3 Å². The Labute approximate surface area is 125 Å². The van der Waals surface area contributed by atoms with Crippen molar-refractivity contribution in [1.82, 2.24) is 0 Å². The largest absolute Gasteiger partial charge is 0.465 e. The van der Waals surface area contributed by atoms with Crippen LogP contribution < -0.4 is 11.1 Å². The van der Waals surface area contributed by atoms with Crippen molar-refractivity contribution in [3.8, 4) is 0 Å². The molecule has 0 saturated heterocycles. The highest BCUT2D eigenvalue weighted by atomic mass is 16.5. The Kier molecular flexibility index (Phi) is 8.23. The first kappa shape index (κ1) is 17.3. The van der Waals surface area contributed by atoms with Crippen molar-refractivity contribution in [3.63, 3.8) is 0 Å². The van der Waals surface area contributed by atoms with E-state index in [2.05, 4.69) is 10.1 Å². The van der Waals surface area contributed by atoms with Gasteiger partial charge >= 0.3 is 5.97 Å². The number of hydrogen-bond donors (Lipinski definition) is 2. The zero-order valence-corrected chi connectivity index (χ0v) is 12.7. The van der Waals surface area contributed by atoms with Crippen molar-refractivity contribution < 1.29 is 19.0 Å². The first-order valence-electron chi connectivity index (χ1n) is 6.98. The first-order valence-corrected chi connectivity index (χ1v) is 6.98. The number of methoxy groups -OCH3 is 2. The van der Waals surface area contributed by atoms with Crippen LogP contribution in [0.4, 0.5) is 11.4 Å². The lowest BCUT2D eigenvalue weighted by Crippen LogP contribution is -2.10. The van der Waals surface area contributed by atoms with Gasteiger partial charge in [0.1, 0.15) is 0 Å². The Bertz CT molecular complexity index is 438. The lowest BCUT2D eigenvalue weighted by Gasteiger charge is -2.12. The van der Waals surface area contributed by atoms with Gasteiger partial charge in [-0.25, -0.2) is 4.79 Å². The molecule has 0 aliphatic carbocycles. The van der Waals surface area contributed by atoms with Gasteiger partial charge in [0.25, 0.3) is 0 Å². The van der Waals surface area contributed by atoms with E-state index in [1.807, 2.05) is 6.07 Å². The molecule has 0 aliphatic heterocycles. The number of nitrogens with two attached hydrogens (primary N) is 1. The minimum Gasteiger partial charge on any atom is -0.465 e. The summed E-state index contributed by atoms with van der Waals surface area (Å²) >= 11 is 0. The van der Waals surface area contributed by atoms with Crippen LogP contribution in [-0.2, 0) is 14.2 Å². The van der Waals surface area contributed by atoms with Crippen LogP contribution in [0, 0.1) is 0 Å². The minimum absolute atomic E-state index is 0.380. The standard InChI is InChI=1S/C15H24N2O4/c1-19-10-11-21-9-4-3-8-17-13-7-5-6-12(14(13)16)15(18)20-2/h5-7,17H,3-4,8-11,16H2,1-2H3. The summed E-state index contributed by atoms with van der Waals surface area (Å²) in [6, 6.07) is 5.27. The number of rotatable bonds is 10. The summed E-state index contributed by atoms with van der Waals surface area (Å²) < 4.78 is 15.0. The van der Waals surface area contributed by atoms with E-state index in [1.165, 1.54) is 7.11 Å². The van der Waals surface area contributed by atoms with E-state index < -0.39 is 5.97 Å². The number of unbranched alkanes of at least 4 members (excludes halogenated alkanes) is 1. The van der Waals surface area contributed by atoms with Gasteiger partial charge in [0.2, 0.25) is 0 Å². The highest BCUT2D eigenvalue weighted by molar-refractivity contribution is 5.98. The first-order chi connectivity index (χ1) is 10.2. The Morgan fingerprint density at radius 2 is 2.00 bits per heavy atom. The number of para-hydroxylation sites is 1. The second-order valence-corrected chi connectivity index (χ2v) is 4.50. The molecule has 0 radical (unpaired) electrons. The number of nitrogen functional groups attached to an aromatic ring is 1. The summed E-state index contributed by atoms with van der Waals surface area (Å²) in [5.41, 5.74) is 7.50. The summed E-state index contributed by atoms with van der Waals surface area (Å²) in [5, 5.41) is 3.22. The van der Waals surface area contributed by atoms with Gasteiger partial charge in [-0.15, -0.1) is 0 Å². The maximum atomic E-state index is 11.5. The highest BCUT2D eigenvalue weighted by Gasteiger charge is 2.12. The van der Waals surface area contributed by atoms with Crippen molar-refractivity contribution in [2.24, 2.45) is 0 Å². The Hall–Kier alpha value is -1.79. The van der Waals surface area contributed by atoms with Crippen LogP contribution in [-0.4, -0.2) is 46.6 Å². The van der Waals surface area contributed by atoms with Crippen LogP contribution in [0.3, 0.4) is 0 Å². The number of carbonyl (C=O) groups excluding carboxylic acids is 1. The quantitative estimate of drug-likeness (QED) is 0.390. The SMILES string of the molecule is COCCOCCCCNc1cccc(C(=O)OC)c1N. The molecule has 6 heteroatoms. The van der Waals surface area contributed by atoms with Crippen LogP contribution >= 0.6 is 0 Å². The monoisotopic (exact) mass is 296 g/mol. The molecule has 118 valence electrons. The molecule has 0 saturated carbocycles. The number of ether oxygens (including phenoxy) is 3. The molecule has 0 heterocycles. The smallest absolute Gasteiger partial charge is 0.340 e. The number of carbonyl (C=O) groups is 1. The zero-order chi connectivity index (χ0) is 15.5. The normalized spacial score (nSPS) is 10.4. The van der Waals surface area contributed by atoms with Gasteiger partial charge in [-0.3, -0.25) is 0 Å². The van der Waals surface area contributed by atoms with Gasteiger partial charge in [-0.1, -0.05) is 6.07 Å². The molecule has 1 aromatic carbocycles. The van der Waals surface area contributed by atoms with Gasteiger partial charge in [-0.05, 0) is 25.0 Å². The van der Waals surface area contributed by atoms with Crippen molar-refractivity contribution in [1.29, 1.82) is 0 Å². The number of anilines is 2. The third-order valence-corrected chi connectivity index (χ3v) is 2.97. The molecule has 1 aromatic rings. The molecule has 0 atom stereocenters. The Morgan fingerprint density at radius 1 is 1.19 bits per heavy atom. The fraction of sp³-hybridized carbons (Fsp3) is 0.533. The predicted molar refractivity (Wildman–Crippen MR) is 82.6 cm³/mol.